The van der Waals surface area contributed by atoms with Crippen LogP contribution in [-0.4, -0.2) is 21.4 Å². The zero-order valence-electron chi connectivity index (χ0n) is 8.95. The summed E-state index contributed by atoms with van der Waals surface area (Å²) < 4.78 is -0.134. The lowest BCUT2D eigenvalue weighted by Crippen LogP contribution is -2.19. The van der Waals surface area contributed by atoms with Crippen molar-refractivity contribution in [2.24, 2.45) is 0 Å². The normalized spacial score (nSPS) is 12.2. The lowest BCUT2D eigenvalue weighted by Gasteiger charge is -2.20. The number of para-hydroxylation sites is 1. The summed E-state index contributed by atoms with van der Waals surface area (Å²) in [5, 5.41) is 10.5. The van der Waals surface area contributed by atoms with Gasteiger partial charge < -0.3 is 10.1 Å². The van der Waals surface area contributed by atoms with Crippen LogP contribution in [0, 0.1) is 0 Å². The van der Waals surface area contributed by atoms with Crippen LogP contribution in [0.4, 0.5) is 0 Å². The van der Waals surface area contributed by atoms with Crippen LogP contribution in [0.5, 0.6) is 0 Å². The van der Waals surface area contributed by atoms with Gasteiger partial charge in [-0.3, -0.25) is 0 Å². The van der Waals surface area contributed by atoms with Crippen molar-refractivity contribution in [2.75, 3.05) is 6.61 Å². The second-order valence-electron chi connectivity index (χ2n) is 4.22. The molecule has 2 N–H and O–H groups in total. The summed E-state index contributed by atoms with van der Waals surface area (Å²) >= 11 is 1.70. The average Bonchev–Trinajstić information content (AvgIpc) is 2.62. The summed E-state index contributed by atoms with van der Waals surface area (Å²) in [6, 6.07) is 8.21. The molecule has 15 heavy (non-hydrogen) atoms. The van der Waals surface area contributed by atoms with Crippen molar-refractivity contribution < 1.29 is 5.11 Å². The van der Waals surface area contributed by atoms with Gasteiger partial charge in [-0.15, -0.1) is 11.8 Å². The van der Waals surface area contributed by atoms with Crippen LogP contribution >= 0.6 is 11.8 Å². The van der Waals surface area contributed by atoms with E-state index in [4.69, 9.17) is 0 Å². The van der Waals surface area contributed by atoms with Crippen molar-refractivity contribution in [1.29, 1.82) is 0 Å². The molecule has 2 nitrogen and oxygen atoms in total. The van der Waals surface area contributed by atoms with E-state index in [0.717, 1.165) is 5.52 Å². The Kier molecular flexibility index (Phi) is 2.76. The standard InChI is InChI=1S/C12H15NOS/c1-12(2,8-14)15-11-7-13-10-6-4-3-5-9(10)11/h3-7,13-14H,8H2,1-2H3. The number of aliphatic hydroxyl groups excluding tert-OH is 1. The molecular weight excluding hydrogens is 206 g/mol. The summed E-state index contributed by atoms with van der Waals surface area (Å²) in [7, 11) is 0. The molecule has 0 radical (unpaired) electrons. The maximum absolute atomic E-state index is 9.23. The molecule has 1 aromatic carbocycles. The highest BCUT2D eigenvalue weighted by Gasteiger charge is 2.19. The van der Waals surface area contributed by atoms with Gasteiger partial charge in [-0.2, -0.15) is 0 Å². The summed E-state index contributed by atoms with van der Waals surface area (Å²) in [5.74, 6) is 0. The minimum Gasteiger partial charge on any atom is -0.395 e. The first-order valence-corrected chi connectivity index (χ1v) is 5.80. The number of rotatable bonds is 3. The Morgan fingerprint density at radius 2 is 2.07 bits per heavy atom. The van der Waals surface area contributed by atoms with Crippen LogP contribution < -0.4 is 0 Å². The zero-order chi connectivity index (χ0) is 10.9. The van der Waals surface area contributed by atoms with E-state index >= 15 is 0 Å². The van der Waals surface area contributed by atoms with Gasteiger partial charge in [0.2, 0.25) is 0 Å². The van der Waals surface area contributed by atoms with Crippen molar-refractivity contribution in [3.63, 3.8) is 0 Å². The summed E-state index contributed by atoms with van der Waals surface area (Å²) in [6.07, 6.45) is 2.01. The van der Waals surface area contributed by atoms with Crippen molar-refractivity contribution in [3.8, 4) is 0 Å². The van der Waals surface area contributed by atoms with Crippen molar-refractivity contribution in [2.45, 2.75) is 23.5 Å². The van der Waals surface area contributed by atoms with Gasteiger partial charge in [-0.05, 0) is 19.9 Å². The number of aliphatic hydroxyl groups is 1. The molecule has 2 rings (SSSR count). The molecule has 0 bridgehead atoms. The molecule has 0 amide bonds. The predicted molar refractivity (Wildman–Crippen MR) is 65.3 cm³/mol. The van der Waals surface area contributed by atoms with Gasteiger partial charge in [-0.25, -0.2) is 0 Å². The monoisotopic (exact) mass is 221 g/mol. The fourth-order valence-corrected chi connectivity index (χ4v) is 2.52. The first-order chi connectivity index (χ1) is 7.12. The van der Waals surface area contributed by atoms with Crippen LogP contribution in [0.25, 0.3) is 10.9 Å². The number of H-pyrrole nitrogens is 1. The molecule has 0 atom stereocenters. The Morgan fingerprint density at radius 3 is 2.80 bits per heavy atom. The molecular formula is C12H15NOS. The quantitative estimate of drug-likeness (QED) is 0.781. The van der Waals surface area contributed by atoms with Crippen LogP contribution in [0.15, 0.2) is 35.4 Å². The van der Waals surface area contributed by atoms with E-state index in [0.29, 0.717) is 0 Å². The highest BCUT2D eigenvalue weighted by Crippen LogP contribution is 2.36. The Morgan fingerprint density at radius 1 is 1.33 bits per heavy atom. The van der Waals surface area contributed by atoms with Gasteiger partial charge >= 0.3 is 0 Å². The largest absolute Gasteiger partial charge is 0.395 e. The van der Waals surface area contributed by atoms with Gasteiger partial charge in [0.25, 0.3) is 0 Å². The average molecular weight is 221 g/mol. The SMILES string of the molecule is CC(C)(CO)Sc1c[nH]c2ccccc12. The topological polar surface area (TPSA) is 36.0 Å². The Labute approximate surface area is 93.7 Å². The first kappa shape index (κ1) is 10.6. The maximum atomic E-state index is 9.23. The lowest BCUT2D eigenvalue weighted by molar-refractivity contribution is 0.265. The van der Waals surface area contributed by atoms with E-state index in [9.17, 15) is 5.11 Å². The zero-order valence-corrected chi connectivity index (χ0v) is 9.77. The molecule has 0 fully saturated rings. The first-order valence-electron chi connectivity index (χ1n) is 4.98. The number of fused-ring (bicyclic) bond motifs is 1. The van der Waals surface area contributed by atoms with Gasteiger partial charge in [0.05, 0.1) is 6.61 Å². The third-order valence-corrected chi connectivity index (χ3v) is 3.56. The van der Waals surface area contributed by atoms with Gasteiger partial charge in [0, 0.05) is 26.7 Å². The number of nitrogens with one attached hydrogen (secondary N) is 1. The molecule has 0 saturated carbocycles. The summed E-state index contributed by atoms with van der Waals surface area (Å²) in [5.41, 5.74) is 1.15. The highest BCUT2D eigenvalue weighted by atomic mass is 32.2. The summed E-state index contributed by atoms with van der Waals surface area (Å²) in [6.45, 7) is 4.26. The maximum Gasteiger partial charge on any atom is 0.0576 e. The second kappa shape index (κ2) is 3.91. The van der Waals surface area contributed by atoms with Gasteiger partial charge in [-0.1, -0.05) is 18.2 Å². The number of hydrogen-bond acceptors (Lipinski definition) is 2. The predicted octanol–water partition coefficient (Wildman–Crippen LogP) is 3.03. The molecule has 1 heterocycles. The van der Waals surface area contributed by atoms with Crippen LogP contribution in [0.1, 0.15) is 13.8 Å². The third kappa shape index (κ3) is 2.19. The molecule has 0 unspecified atom stereocenters. The lowest BCUT2D eigenvalue weighted by atomic mass is 10.2. The number of thioether (sulfide) groups is 1. The van der Waals surface area contributed by atoms with E-state index in [-0.39, 0.29) is 11.4 Å². The van der Waals surface area contributed by atoms with Gasteiger partial charge in [0.1, 0.15) is 0 Å². The Balaban J connectivity index is 2.37. The number of hydrogen-bond donors (Lipinski definition) is 2. The second-order valence-corrected chi connectivity index (χ2v) is 5.97. The molecule has 2 aromatic rings. The van der Waals surface area contributed by atoms with Crippen molar-refractivity contribution in [3.05, 3.63) is 30.5 Å². The number of aromatic nitrogens is 1. The molecule has 1 aromatic heterocycles. The van der Waals surface area contributed by atoms with Crippen molar-refractivity contribution >= 4 is 22.7 Å². The van der Waals surface area contributed by atoms with E-state index in [1.54, 1.807) is 11.8 Å². The molecule has 0 aliphatic heterocycles. The Hall–Kier alpha value is -0.930. The molecule has 0 aliphatic rings. The third-order valence-electron chi connectivity index (χ3n) is 2.32. The molecule has 0 saturated heterocycles. The molecule has 3 heteroatoms. The highest BCUT2D eigenvalue weighted by molar-refractivity contribution is 8.00. The van der Waals surface area contributed by atoms with Crippen LogP contribution in [0.2, 0.25) is 0 Å². The minimum absolute atomic E-state index is 0.134. The smallest absolute Gasteiger partial charge is 0.0576 e. The Bertz CT molecular complexity index is 461. The van der Waals surface area contributed by atoms with E-state index in [2.05, 4.69) is 17.1 Å². The van der Waals surface area contributed by atoms with E-state index < -0.39 is 0 Å². The van der Waals surface area contributed by atoms with Crippen molar-refractivity contribution in [1.82, 2.24) is 4.98 Å². The minimum atomic E-state index is -0.134. The molecule has 0 aliphatic carbocycles. The fraction of sp³-hybridized carbons (Fsp3) is 0.333. The molecule has 80 valence electrons. The van der Waals surface area contributed by atoms with E-state index in [1.807, 2.05) is 32.2 Å². The van der Waals surface area contributed by atoms with Crippen LogP contribution in [-0.2, 0) is 0 Å². The van der Waals surface area contributed by atoms with E-state index in [1.165, 1.54) is 10.3 Å². The summed E-state index contributed by atoms with van der Waals surface area (Å²) in [4.78, 5) is 4.43. The fourth-order valence-electron chi connectivity index (χ4n) is 1.46. The van der Waals surface area contributed by atoms with Crippen LogP contribution in [0.3, 0.4) is 0 Å². The molecule has 0 spiro atoms. The van der Waals surface area contributed by atoms with Gasteiger partial charge in [0.15, 0.2) is 0 Å². The number of aromatic amines is 1. The number of benzene rings is 1.